The van der Waals surface area contributed by atoms with Crippen molar-refractivity contribution in [2.75, 3.05) is 0 Å². The average molecular weight is 495 g/mol. The molecule has 2 N–H and O–H groups in total. The fraction of sp³-hybridized carbons (Fsp3) is 0.647. The number of phenolic OH excluding ortho intramolecular Hbond substituents is 2. The van der Waals surface area contributed by atoms with E-state index < -0.39 is 0 Å². The van der Waals surface area contributed by atoms with Crippen LogP contribution in [0.15, 0.2) is 24.3 Å². The lowest BCUT2D eigenvalue weighted by Crippen LogP contribution is -2.30. The van der Waals surface area contributed by atoms with E-state index >= 15 is 0 Å². The van der Waals surface area contributed by atoms with Gasteiger partial charge >= 0.3 is 0 Å². The molecule has 0 saturated carbocycles. The molecule has 2 nitrogen and oxygen atoms in total. The molecule has 0 amide bonds. The van der Waals surface area contributed by atoms with Gasteiger partial charge in [0.05, 0.1) is 0 Å². The lowest BCUT2D eigenvalue weighted by Gasteiger charge is -2.38. The fourth-order valence-electron chi connectivity index (χ4n) is 5.41. The van der Waals surface area contributed by atoms with Crippen LogP contribution in [0.2, 0.25) is 0 Å². The van der Waals surface area contributed by atoms with Crippen molar-refractivity contribution in [1.82, 2.24) is 0 Å². The minimum Gasteiger partial charge on any atom is -0.507 e. The lowest BCUT2D eigenvalue weighted by atomic mass is 9.66. The molecule has 202 valence electrons. The van der Waals surface area contributed by atoms with Gasteiger partial charge in [-0.15, -0.1) is 0 Å². The number of aromatic hydroxyl groups is 2. The number of hydrogen-bond acceptors (Lipinski definition) is 2. The van der Waals surface area contributed by atoms with Crippen LogP contribution in [-0.2, 0) is 27.1 Å². The second kappa shape index (κ2) is 9.41. The zero-order valence-electron chi connectivity index (χ0n) is 26.0. The molecule has 0 atom stereocenters. The molecule has 0 saturated heterocycles. The average Bonchev–Trinajstić information content (AvgIpc) is 2.63. The molecule has 0 aliphatic heterocycles. The summed E-state index contributed by atoms with van der Waals surface area (Å²) in [4.78, 5) is 0. The van der Waals surface area contributed by atoms with Crippen LogP contribution < -0.4 is 0 Å². The van der Waals surface area contributed by atoms with Gasteiger partial charge in [-0.2, -0.15) is 0 Å². The van der Waals surface area contributed by atoms with E-state index in [1.165, 1.54) is 11.1 Å². The Bertz CT molecular complexity index is 938. The molecule has 0 aliphatic carbocycles. The van der Waals surface area contributed by atoms with E-state index in [0.29, 0.717) is 17.4 Å². The van der Waals surface area contributed by atoms with Gasteiger partial charge in [-0.1, -0.05) is 128 Å². The number of hydrogen-bond donors (Lipinski definition) is 2. The summed E-state index contributed by atoms with van der Waals surface area (Å²) in [5, 5.41) is 22.8. The third kappa shape index (κ3) is 6.12. The van der Waals surface area contributed by atoms with Gasteiger partial charge in [0.25, 0.3) is 0 Å². The second-order valence-corrected chi connectivity index (χ2v) is 15.8. The number of phenols is 2. The summed E-state index contributed by atoms with van der Waals surface area (Å²) >= 11 is 0. The maximum Gasteiger partial charge on any atom is 0.123 e. The monoisotopic (exact) mass is 494 g/mol. The van der Waals surface area contributed by atoms with Crippen molar-refractivity contribution in [3.63, 3.8) is 0 Å². The van der Waals surface area contributed by atoms with Crippen LogP contribution in [-0.4, -0.2) is 10.2 Å². The Labute approximate surface area is 222 Å². The van der Waals surface area contributed by atoms with Crippen LogP contribution in [0.4, 0.5) is 0 Å². The first kappa shape index (κ1) is 30.3. The highest BCUT2D eigenvalue weighted by molar-refractivity contribution is 5.57. The van der Waals surface area contributed by atoms with E-state index in [4.69, 9.17) is 0 Å². The summed E-state index contributed by atoms with van der Waals surface area (Å²) in [5.41, 5.74) is 5.36. The smallest absolute Gasteiger partial charge is 0.123 e. The molecule has 2 aromatic carbocycles. The Kier molecular flexibility index (Phi) is 7.91. The van der Waals surface area contributed by atoms with E-state index in [2.05, 4.69) is 128 Å². The molecule has 0 spiro atoms. The van der Waals surface area contributed by atoms with Crippen LogP contribution in [0.1, 0.15) is 144 Å². The lowest BCUT2D eigenvalue weighted by molar-refractivity contribution is 0.402. The Hall–Kier alpha value is -1.96. The van der Waals surface area contributed by atoms with Gasteiger partial charge in [-0.3, -0.25) is 0 Å². The van der Waals surface area contributed by atoms with E-state index in [1.54, 1.807) is 0 Å². The second-order valence-electron chi connectivity index (χ2n) is 15.8. The zero-order chi connectivity index (χ0) is 28.2. The predicted octanol–water partition coefficient (Wildman–Crippen LogP) is 9.64. The molecular formula is C34H54O2. The third-order valence-electron chi connectivity index (χ3n) is 7.54. The molecule has 0 heterocycles. The highest BCUT2D eigenvalue weighted by Gasteiger charge is 2.37. The summed E-state index contributed by atoms with van der Waals surface area (Å²) < 4.78 is 0. The molecular weight excluding hydrogens is 440 g/mol. The Balaban J connectivity index is 3.09. The van der Waals surface area contributed by atoms with Crippen molar-refractivity contribution in [2.24, 2.45) is 5.92 Å². The van der Waals surface area contributed by atoms with E-state index in [9.17, 15) is 10.2 Å². The van der Waals surface area contributed by atoms with Gasteiger partial charge < -0.3 is 10.2 Å². The first-order valence-corrected chi connectivity index (χ1v) is 13.7. The summed E-state index contributed by atoms with van der Waals surface area (Å²) in [6.07, 6.45) is 0.961. The Morgan fingerprint density at radius 3 is 0.889 bits per heavy atom. The summed E-state index contributed by atoms with van der Waals surface area (Å²) in [7, 11) is 0. The van der Waals surface area contributed by atoms with E-state index in [1.807, 2.05) is 0 Å². The topological polar surface area (TPSA) is 40.5 Å². The van der Waals surface area contributed by atoms with Crippen LogP contribution >= 0.6 is 0 Å². The third-order valence-corrected chi connectivity index (χ3v) is 7.54. The normalized spacial score (nSPS) is 14.0. The molecule has 2 heteroatoms. The minimum absolute atomic E-state index is 0.194. The SMILES string of the molecule is CC(C)CC(C)(c1cc(C(C)(C)C)c(O)c(C(C)(C)C)c1)c1cc(C(C)(C)C)c(O)c(C(C)(C)C)c1. The maximum atomic E-state index is 11.4. The maximum absolute atomic E-state index is 11.4. The van der Waals surface area contributed by atoms with Crippen LogP contribution in [0.5, 0.6) is 11.5 Å². The molecule has 2 aromatic rings. The van der Waals surface area contributed by atoms with Crippen LogP contribution in [0, 0.1) is 5.92 Å². The molecule has 2 rings (SSSR count). The molecule has 0 aromatic heterocycles. The number of benzene rings is 2. The Morgan fingerprint density at radius 1 is 0.500 bits per heavy atom. The highest BCUT2D eigenvalue weighted by atomic mass is 16.3. The van der Waals surface area contributed by atoms with Crippen molar-refractivity contribution in [3.05, 3.63) is 57.6 Å². The first-order valence-electron chi connectivity index (χ1n) is 13.7. The molecule has 0 radical (unpaired) electrons. The van der Waals surface area contributed by atoms with Gasteiger partial charge in [0.2, 0.25) is 0 Å². The van der Waals surface area contributed by atoms with Crippen molar-refractivity contribution < 1.29 is 10.2 Å². The highest BCUT2D eigenvalue weighted by Crippen LogP contribution is 2.48. The van der Waals surface area contributed by atoms with Gasteiger partial charge in [-0.25, -0.2) is 0 Å². The molecule has 36 heavy (non-hydrogen) atoms. The van der Waals surface area contributed by atoms with Gasteiger partial charge in [0.1, 0.15) is 11.5 Å². The summed E-state index contributed by atoms with van der Waals surface area (Å²) in [6.45, 7) is 33.0. The number of rotatable bonds is 4. The van der Waals surface area contributed by atoms with Crippen molar-refractivity contribution in [2.45, 2.75) is 137 Å². The zero-order valence-corrected chi connectivity index (χ0v) is 26.0. The summed E-state index contributed by atoms with van der Waals surface area (Å²) in [5.74, 6) is 1.30. The molecule has 0 unspecified atom stereocenters. The minimum atomic E-state index is -0.296. The quantitative estimate of drug-likeness (QED) is 0.444. The predicted molar refractivity (Wildman–Crippen MR) is 157 cm³/mol. The fourth-order valence-corrected chi connectivity index (χ4v) is 5.41. The van der Waals surface area contributed by atoms with Crippen LogP contribution in [0.25, 0.3) is 0 Å². The van der Waals surface area contributed by atoms with E-state index in [-0.39, 0.29) is 27.1 Å². The standard InChI is InChI=1S/C34H54O2/c1-21(2)20-34(15,22-16-24(30(3,4)5)28(35)25(17-22)31(6,7)8)23-18-26(32(9,10)11)29(36)27(19-23)33(12,13)14/h16-19,21,35-36H,20H2,1-15H3. The summed E-state index contributed by atoms with van der Waals surface area (Å²) in [6, 6.07) is 8.97. The Morgan fingerprint density at radius 2 is 0.722 bits per heavy atom. The molecule has 0 aliphatic rings. The van der Waals surface area contributed by atoms with Crippen molar-refractivity contribution >= 4 is 0 Å². The largest absolute Gasteiger partial charge is 0.507 e. The molecule has 0 fully saturated rings. The van der Waals surface area contributed by atoms with Gasteiger partial charge in [0, 0.05) is 5.41 Å². The van der Waals surface area contributed by atoms with Gasteiger partial charge in [0.15, 0.2) is 0 Å². The van der Waals surface area contributed by atoms with E-state index in [0.717, 1.165) is 28.7 Å². The van der Waals surface area contributed by atoms with Gasteiger partial charge in [-0.05, 0) is 67.4 Å². The first-order chi connectivity index (χ1) is 15.9. The van der Waals surface area contributed by atoms with Crippen molar-refractivity contribution in [1.29, 1.82) is 0 Å². The van der Waals surface area contributed by atoms with Crippen LogP contribution in [0.3, 0.4) is 0 Å². The van der Waals surface area contributed by atoms with Crippen molar-refractivity contribution in [3.8, 4) is 11.5 Å². The molecule has 0 bridgehead atoms.